The number of nitrogens with one attached hydrogen (secondary N) is 4. The molecule has 0 aromatic heterocycles. The van der Waals surface area contributed by atoms with Crippen molar-refractivity contribution in [2.45, 2.75) is 56.1 Å². The minimum atomic E-state index is -5.04. The van der Waals surface area contributed by atoms with E-state index in [4.69, 9.17) is 14.9 Å². The predicted molar refractivity (Wildman–Crippen MR) is 217 cm³/mol. The SMILES string of the molecule is O=C(O)CC[C@H](NP(=O)(O)OC[C@H](NC(=O)CC[C@H](NC(=O)CCSCC(=O)Nc1ccc(C2c3ccc(O)cc3Oc3cc(O)ccc32)c(C(=O)O)c1)C(=O)O)C(=O)O)C(=O)O. The summed E-state index contributed by atoms with van der Waals surface area (Å²) in [7, 11) is -5.04. The lowest BCUT2D eigenvalue weighted by atomic mass is 9.80. The Morgan fingerprint density at radius 2 is 1.22 bits per heavy atom. The summed E-state index contributed by atoms with van der Waals surface area (Å²) >= 11 is 0.992. The Hall–Kier alpha value is -6.72. The molecule has 0 bridgehead atoms. The maximum atomic E-state index is 12.8. The first-order valence-corrected chi connectivity index (χ1v) is 21.2. The van der Waals surface area contributed by atoms with Crippen LogP contribution in [0.2, 0.25) is 0 Å². The maximum absolute atomic E-state index is 12.8. The van der Waals surface area contributed by atoms with E-state index in [-0.39, 0.29) is 52.2 Å². The summed E-state index contributed by atoms with van der Waals surface area (Å²) < 4.78 is 22.8. The molecule has 1 heterocycles. The average Bonchev–Trinajstić information content (AvgIpc) is 3.19. The first-order chi connectivity index (χ1) is 29.6. The van der Waals surface area contributed by atoms with E-state index < -0.39 is 112 Å². The van der Waals surface area contributed by atoms with Crippen LogP contribution in [-0.2, 0) is 42.7 Å². The standard InChI is InChI=1S/C38H41N4O19PS/c43-19-2-5-22-28(14-19)61-29-15-20(44)3-6-23(29)34(22)21-4-1-18(13-24(21)35(50)51)39-32(47)17-63-12-11-31(46)40-25(36(52)53)7-9-30(45)41-27(38(56)57)16-60-62(58,59)42-26(37(54)55)8-10-33(48)49/h1-6,13-15,25-27,34,43-44H,7-12,16-17H2,(H,39,47)(H,40,46)(H,41,45)(H,48,49)(H,50,51)(H,52,53)(H,54,55)(H,56,57)(H2,42,58,59)/t25-,26-,27-/m0/s1. The van der Waals surface area contributed by atoms with Crippen LogP contribution in [0, 0.1) is 0 Å². The molecule has 338 valence electrons. The van der Waals surface area contributed by atoms with Crippen molar-refractivity contribution in [2.24, 2.45) is 0 Å². The third kappa shape index (κ3) is 14.4. The van der Waals surface area contributed by atoms with Crippen molar-refractivity contribution in [3.8, 4) is 23.0 Å². The number of ether oxygens (including phenoxy) is 1. The van der Waals surface area contributed by atoms with Gasteiger partial charge in [0.05, 0.1) is 17.9 Å². The van der Waals surface area contributed by atoms with Gasteiger partial charge in [-0.1, -0.05) is 18.2 Å². The Bertz CT molecular complexity index is 2280. The molecule has 3 aromatic carbocycles. The second kappa shape index (κ2) is 21.9. The fourth-order valence-electron chi connectivity index (χ4n) is 6.08. The van der Waals surface area contributed by atoms with Crippen LogP contribution in [-0.4, -0.2) is 124 Å². The van der Waals surface area contributed by atoms with E-state index in [2.05, 4.69) is 15.2 Å². The third-order valence-electron chi connectivity index (χ3n) is 9.03. The van der Waals surface area contributed by atoms with Crippen LogP contribution in [0.4, 0.5) is 5.69 Å². The van der Waals surface area contributed by atoms with E-state index in [1.165, 1.54) is 42.5 Å². The first-order valence-electron chi connectivity index (χ1n) is 18.5. The molecule has 63 heavy (non-hydrogen) atoms. The van der Waals surface area contributed by atoms with Gasteiger partial charge in [-0.2, -0.15) is 11.8 Å². The van der Waals surface area contributed by atoms with Crippen molar-refractivity contribution in [3.63, 3.8) is 0 Å². The Kier molecular flexibility index (Phi) is 17.0. The number of fused-ring (bicyclic) bond motifs is 2. The monoisotopic (exact) mass is 920 g/mol. The zero-order valence-corrected chi connectivity index (χ0v) is 34.3. The number of rotatable bonds is 24. The number of benzene rings is 3. The number of carboxylic acid groups (broad SMARTS) is 5. The lowest BCUT2D eigenvalue weighted by Gasteiger charge is -2.29. The van der Waals surface area contributed by atoms with Gasteiger partial charge < -0.3 is 61.3 Å². The van der Waals surface area contributed by atoms with Crippen LogP contribution in [0.3, 0.4) is 0 Å². The molecule has 0 saturated carbocycles. The van der Waals surface area contributed by atoms with Crippen LogP contribution in [0.1, 0.15) is 65.1 Å². The second-order valence-electron chi connectivity index (χ2n) is 13.7. The first kappa shape index (κ1) is 48.9. The van der Waals surface area contributed by atoms with Crippen LogP contribution in [0.5, 0.6) is 23.0 Å². The molecular formula is C38H41N4O19PS. The van der Waals surface area contributed by atoms with Crippen molar-refractivity contribution in [2.75, 3.05) is 23.4 Å². The highest BCUT2D eigenvalue weighted by Crippen LogP contribution is 2.50. The number of thioether (sulfide) groups is 1. The molecule has 0 saturated heterocycles. The number of hydrogen-bond acceptors (Lipinski definition) is 14. The number of hydrogen-bond donors (Lipinski definition) is 12. The Labute approximate surface area is 360 Å². The fraction of sp³-hybridized carbons (Fsp3) is 0.316. The average molecular weight is 921 g/mol. The number of aromatic hydroxyl groups is 2. The molecule has 1 aliphatic rings. The van der Waals surface area contributed by atoms with Crippen LogP contribution in [0.25, 0.3) is 0 Å². The molecular weight excluding hydrogens is 879 g/mol. The predicted octanol–water partition coefficient (Wildman–Crippen LogP) is 2.09. The van der Waals surface area contributed by atoms with Gasteiger partial charge in [0.1, 0.15) is 35.1 Å². The molecule has 4 atom stereocenters. The number of phenolic OH excluding ortho intramolecular Hbond substituents is 2. The number of aromatic carboxylic acids is 1. The highest BCUT2D eigenvalue weighted by molar-refractivity contribution is 7.99. The van der Waals surface area contributed by atoms with Crippen LogP contribution >= 0.6 is 19.5 Å². The number of amides is 3. The molecule has 0 radical (unpaired) electrons. The molecule has 25 heteroatoms. The molecule has 4 rings (SSSR count). The molecule has 1 unspecified atom stereocenters. The number of carboxylic acids is 5. The summed E-state index contributed by atoms with van der Waals surface area (Å²) in [5, 5.41) is 75.6. The van der Waals surface area contributed by atoms with Gasteiger partial charge in [-0.15, -0.1) is 0 Å². The fourth-order valence-corrected chi connectivity index (χ4v) is 7.87. The highest BCUT2D eigenvalue weighted by atomic mass is 32.2. The lowest BCUT2D eigenvalue weighted by Crippen LogP contribution is -2.46. The van der Waals surface area contributed by atoms with E-state index in [0.29, 0.717) is 16.7 Å². The molecule has 0 spiro atoms. The zero-order chi connectivity index (χ0) is 46.6. The zero-order valence-electron chi connectivity index (χ0n) is 32.6. The van der Waals surface area contributed by atoms with Crippen molar-refractivity contribution >= 4 is 72.8 Å². The van der Waals surface area contributed by atoms with E-state index in [1.807, 2.05) is 5.32 Å². The van der Waals surface area contributed by atoms with Gasteiger partial charge >= 0.3 is 37.6 Å². The van der Waals surface area contributed by atoms with Gasteiger partial charge in [0.25, 0.3) is 0 Å². The molecule has 12 N–H and O–H groups in total. The van der Waals surface area contributed by atoms with Crippen LogP contribution in [0.15, 0.2) is 54.6 Å². The minimum absolute atomic E-state index is 0.0235. The Morgan fingerprint density at radius 1 is 0.683 bits per heavy atom. The van der Waals surface area contributed by atoms with E-state index in [1.54, 1.807) is 17.2 Å². The number of aliphatic carboxylic acids is 4. The summed E-state index contributed by atoms with van der Waals surface area (Å²) in [6.07, 6.45) is -2.78. The van der Waals surface area contributed by atoms with E-state index in [0.717, 1.165) is 11.8 Å². The summed E-state index contributed by atoms with van der Waals surface area (Å²) in [5.41, 5.74) is 1.39. The number of anilines is 1. The molecule has 0 aliphatic carbocycles. The van der Waals surface area contributed by atoms with Gasteiger partial charge in [-0.3, -0.25) is 28.5 Å². The highest BCUT2D eigenvalue weighted by Gasteiger charge is 2.34. The summed E-state index contributed by atoms with van der Waals surface area (Å²) in [6.45, 7) is -1.17. The minimum Gasteiger partial charge on any atom is -0.508 e. The maximum Gasteiger partial charge on any atom is 0.403 e. The molecule has 0 fully saturated rings. The second-order valence-corrected chi connectivity index (χ2v) is 16.3. The van der Waals surface area contributed by atoms with Crippen molar-refractivity contribution in [1.29, 1.82) is 0 Å². The third-order valence-corrected chi connectivity index (χ3v) is 11.1. The smallest absolute Gasteiger partial charge is 0.403 e. The molecule has 1 aliphatic heterocycles. The van der Waals surface area contributed by atoms with Gasteiger partial charge in [0.15, 0.2) is 6.04 Å². The quantitative estimate of drug-likeness (QED) is 0.0353. The Morgan fingerprint density at radius 3 is 1.78 bits per heavy atom. The summed E-state index contributed by atoms with van der Waals surface area (Å²) in [4.78, 5) is 106. The summed E-state index contributed by atoms with van der Waals surface area (Å²) in [6, 6.07) is 7.57. The van der Waals surface area contributed by atoms with Gasteiger partial charge in [-0.05, 0) is 42.7 Å². The van der Waals surface area contributed by atoms with E-state index >= 15 is 0 Å². The molecule has 3 aromatic rings. The van der Waals surface area contributed by atoms with Crippen LogP contribution < -0.4 is 25.8 Å². The van der Waals surface area contributed by atoms with Crippen molar-refractivity contribution in [3.05, 3.63) is 76.9 Å². The summed E-state index contributed by atoms with van der Waals surface area (Å²) in [5.74, 6) is -10.7. The lowest BCUT2D eigenvalue weighted by molar-refractivity contribution is -0.144. The molecule has 23 nitrogen and oxygen atoms in total. The van der Waals surface area contributed by atoms with E-state index in [9.17, 15) is 73.3 Å². The molecule has 3 amide bonds. The van der Waals surface area contributed by atoms with Crippen molar-refractivity contribution < 1.29 is 92.8 Å². The van der Waals surface area contributed by atoms with Gasteiger partial charge in [-0.25, -0.2) is 24.0 Å². The number of carbonyl (C=O) groups excluding carboxylic acids is 3. The van der Waals surface area contributed by atoms with Crippen molar-refractivity contribution in [1.82, 2.24) is 15.7 Å². The van der Waals surface area contributed by atoms with Gasteiger partial charge in [0.2, 0.25) is 17.7 Å². The normalized spacial score (nSPS) is 14.2. The van der Waals surface area contributed by atoms with Gasteiger partial charge in [0, 0.05) is 59.9 Å². The largest absolute Gasteiger partial charge is 0.508 e. The topological polar surface area (TPSA) is 382 Å². The number of carbonyl (C=O) groups is 8. The Balaban J connectivity index is 1.25. The number of phenols is 2.